The van der Waals surface area contributed by atoms with Crippen molar-refractivity contribution >= 4 is 0 Å². The second kappa shape index (κ2) is 4.51. The van der Waals surface area contributed by atoms with Crippen LogP contribution in [0.5, 0.6) is 0 Å². The molecule has 16 heavy (non-hydrogen) atoms. The lowest BCUT2D eigenvalue weighted by Gasteiger charge is -2.02. The highest BCUT2D eigenvalue weighted by Crippen LogP contribution is 2.17. The van der Waals surface area contributed by atoms with Gasteiger partial charge in [-0.3, -0.25) is 0 Å². The van der Waals surface area contributed by atoms with Gasteiger partial charge in [-0.1, -0.05) is 18.2 Å². The molecule has 0 saturated carbocycles. The van der Waals surface area contributed by atoms with Gasteiger partial charge < -0.3 is 5.73 Å². The van der Waals surface area contributed by atoms with Crippen molar-refractivity contribution < 1.29 is 0 Å². The van der Waals surface area contributed by atoms with Crippen molar-refractivity contribution in [1.82, 2.24) is 10.2 Å². The summed E-state index contributed by atoms with van der Waals surface area (Å²) in [7, 11) is 0. The van der Waals surface area contributed by atoms with Crippen LogP contribution in [0.1, 0.15) is 11.3 Å². The summed E-state index contributed by atoms with van der Waals surface area (Å²) in [5, 5.41) is 16.4. The standard InChI is InChI=1S/C12H10N4/c13-7-9-2-1-3-10(6-9)12-5-4-11(8-14)15-16-12/h1-6H,7,13H2. The van der Waals surface area contributed by atoms with Crippen LogP contribution in [0, 0.1) is 11.3 Å². The number of aromatic nitrogens is 2. The minimum Gasteiger partial charge on any atom is -0.326 e. The SMILES string of the molecule is N#Cc1ccc(-c2cccc(CN)c2)nn1. The average molecular weight is 210 g/mol. The van der Waals surface area contributed by atoms with Crippen molar-refractivity contribution in [1.29, 1.82) is 5.26 Å². The van der Waals surface area contributed by atoms with Crippen LogP contribution in [0.25, 0.3) is 11.3 Å². The molecule has 0 fully saturated rings. The van der Waals surface area contributed by atoms with Crippen LogP contribution in [0.3, 0.4) is 0 Å². The first-order valence-electron chi connectivity index (χ1n) is 4.86. The topological polar surface area (TPSA) is 75.6 Å². The van der Waals surface area contributed by atoms with E-state index in [0.717, 1.165) is 16.8 Å². The van der Waals surface area contributed by atoms with Crippen LogP contribution in [0.15, 0.2) is 36.4 Å². The molecular weight excluding hydrogens is 200 g/mol. The second-order valence-corrected chi connectivity index (χ2v) is 3.32. The van der Waals surface area contributed by atoms with E-state index < -0.39 is 0 Å². The van der Waals surface area contributed by atoms with E-state index >= 15 is 0 Å². The highest BCUT2D eigenvalue weighted by Gasteiger charge is 2.01. The highest BCUT2D eigenvalue weighted by atomic mass is 15.1. The van der Waals surface area contributed by atoms with Gasteiger partial charge in [0, 0.05) is 12.1 Å². The van der Waals surface area contributed by atoms with Gasteiger partial charge in [-0.25, -0.2) is 0 Å². The Labute approximate surface area is 93.4 Å². The van der Waals surface area contributed by atoms with Gasteiger partial charge in [0.25, 0.3) is 0 Å². The van der Waals surface area contributed by atoms with Crippen molar-refractivity contribution in [2.75, 3.05) is 0 Å². The van der Waals surface area contributed by atoms with Crippen molar-refractivity contribution in [3.63, 3.8) is 0 Å². The Morgan fingerprint density at radius 1 is 1.19 bits per heavy atom. The monoisotopic (exact) mass is 210 g/mol. The van der Waals surface area contributed by atoms with E-state index in [1.165, 1.54) is 0 Å². The number of nitriles is 1. The molecule has 1 heterocycles. The lowest BCUT2D eigenvalue weighted by Crippen LogP contribution is -1.96. The fourth-order valence-electron chi connectivity index (χ4n) is 1.40. The first kappa shape index (κ1) is 10.3. The average Bonchev–Trinajstić information content (AvgIpc) is 2.39. The lowest BCUT2D eigenvalue weighted by atomic mass is 10.1. The maximum atomic E-state index is 8.61. The first-order chi connectivity index (χ1) is 7.83. The van der Waals surface area contributed by atoms with Gasteiger partial charge >= 0.3 is 0 Å². The molecule has 2 aromatic rings. The van der Waals surface area contributed by atoms with Crippen molar-refractivity contribution in [2.45, 2.75) is 6.54 Å². The van der Waals surface area contributed by atoms with E-state index in [1.807, 2.05) is 30.3 Å². The van der Waals surface area contributed by atoms with Gasteiger partial charge in [-0.2, -0.15) is 5.26 Å². The Kier molecular flexibility index (Phi) is 2.90. The summed E-state index contributed by atoms with van der Waals surface area (Å²) in [4.78, 5) is 0. The summed E-state index contributed by atoms with van der Waals surface area (Å²) in [6.45, 7) is 0.498. The summed E-state index contributed by atoms with van der Waals surface area (Å²) in [5.74, 6) is 0. The fraction of sp³-hybridized carbons (Fsp3) is 0.0833. The molecule has 0 aliphatic heterocycles. The molecule has 4 nitrogen and oxygen atoms in total. The van der Waals surface area contributed by atoms with Gasteiger partial charge in [0.05, 0.1) is 5.69 Å². The molecule has 0 radical (unpaired) electrons. The van der Waals surface area contributed by atoms with Crippen molar-refractivity contribution in [3.05, 3.63) is 47.7 Å². The quantitative estimate of drug-likeness (QED) is 0.814. The van der Waals surface area contributed by atoms with Gasteiger partial charge in [0.15, 0.2) is 5.69 Å². The van der Waals surface area contributed by atoms with E-state index in [4.69, 9.17) is 11.0 Å². The Balaban J connectivity index is 2.39. The molecule has 0 bridgehead atoms. The smallest absolute Gasteiger partial charge is 0.163 e. The summed E-state index contributed by atoms with van der Waals surface area (Å²) < 4.78 is 0. The second-order valence-electron chi connectivity index (χ2n) is 3.32. The zero-order valence-electron chi connectivity index (χ0n) is 8.59. The number of rotatable bonds is 2. The van der Waals surface area contributed by atoms with Crippen LogP contribution in [0.4, 0.5) is 0 Å². The van der Waals surface area contributed by atoms with Gasteiger partial charge in [-0.05, 0) is 23.8 Å². The first-order valence-corrected chi connectivity index (χ1v) is 4.86. The molecule has 0 saturated heterocycles. The summed E-state index contributed by atoms with van der Waals surface area (Å²) in [5.41, 5.74) is 8.63. The predicted octanol–water partition coefficient (Wildman–Crippen LogP) is 1.47. The fourth-order valence-corrected chi connectivity index (χ4v) is 1.40. The summed E-state index contributed by atoms with van der Waals surface area (Å²) in [6, 6.07) is 13.2. The van der Waals surface area contributed by atoms with E-state index in [1.54, 1.807) is 12.1 Å². The largest absolute Gasteiger partial charge is 0.326 e. The number of nitrogens with two attached hydrogens (primary N) is 1. The van der Waals surface area contributed by atoms with Gasteiger partial charge in [0.1, 0.15) is 6.07 Å². The maximum Gasteiger partial charge on any atom is 0.163 e. The van der Waals surface area contributed by atoms with E-state index in [9.17, 15) is 0 Å². The van der Waals surface area contributed by atoms with Crippen molar-refractivity contribution in [2.24, 2.45) is 5.73 Å². The molecule has 0 aliphatic rings. The zero-order chi connectivity index (χ0) is 11.4. The molecule has 0 aliphatic carbocycles. The molecule has 0 unspecified atom stereocenters. The Morgan fingerprint density at radius 2 is 2.06 bits per heavy atom. The highest BCUT2D eigenvalue weighted by molar-refractivity contribution is 5.59. The number of hydrogen-bond acceptors (Lipinski definition) is 4. The van der Waals surface area contributed by atoms with Crippen LogP contribution in [-0.2, 0) is 6.54 Å². The molecule has 2 rings (SSSR count). The van der Waals surface area contributed by atoms with Gasteiger partial charge in [-0.15, -0.1) is 10.2 Å². The molecule has 0 atom stereocenters. The summed E-state index contributed by atoms with van der Waals surface area (Å²) >= 11 is 0. The minimum atomic E-state index is 0.318. The van der Waals surface area contributed by atoms with Crippen LogP contribution in [0.2, 0.25) is 0 Å². The molecule has 1 aromatic heterocycles. The number of benzene rings is 1. The molecule has 0 spiro atoms. The van der Waals surface area contributed by atoms with Crippen molar-refractivity contribution in [3.8, 4) is 17.3 Å². The van der Waals surface area contributed by atoms with Crippen LogP contribution in [-0.4, -0.2) is 10.2 Å². The van der Waals surface area contributed by atoms with Crippen LogP contribution >= 0.6 is 0 Å². The number of hydrogen-bond donors (Lipinski definition) is 1. The third-order valence-electron chi connectivity index (χ3n) is 2.24. The zero-order valence-corrected chi connectivity index (χ0v) is 8.59. The number of nitrogens with zero attached hydrogens (tertiary/aromatic N) is 3. The molecule has 0 amide bonds. The van der Waals surface area contributed by atoms with E-state index in [0.29, 0.717) is 12.2 Å². The lowest BCUT2D eigenvalue weighted by molar-refractivity contribution is 1.01. The van der Waals surface area contributed by atoms with Crippen LogP contribution < -0.4 is 5.73 Å². The normalized spacial score (nSPS) is 9.75. The molecule has 1 aromatic carbocycles. The van der Waals surface area contributed by atoms with Gasteiger partial charge in [0.2, 0.25) is 0 Å². The maximum absolute atomic E-state index is 8.61. The Hall–Kier alpha value is -2.25. The molecule has 78 valence electrons. The summed E-state index contributed by atoms with van der Waals surface area (Å²) in [6.07, 6.45) is 0. The Bertz CT molecular complexity index is 525. The predicted molar refractivity (Wildman–Crippen MR) is 60.1 cm³/mol. The molecule has 4 heteroatoms. The third kappa shape index (κ3) is 2.05. The van der Waals surface area contributed by atoms with E-state index in [-0.39, 0.29) is 0 Å². The third-order valence-corrected chi connectivity index (χ3v) is 2.24. The molecular formula is C12H10N4. The van der Waals surface area contributed by atoms with E-state index in [2.05, 4.69) is 10.2 Å². The molecule has 2 N–H and O–H groups in total. The Morgan fingerprint density at radius 3 is 2.69 bits per heavy atom. The minimum absolute atomic E-state index is 0.318.